The number of hydrogen-bond donors (Lipinski definition) is 1. The molecule has 0 aromatic heterocycles. The Morgan fingerprint density at radius 3 is 3.06 bits per heavy atom. The van der Waals surface area contributed by atoms with Gasteiger partial charge in [0.25, 0.3) is 0 Å². The molecule has 3 atom stereocenters. The van der Waals surface area contributed by atoms with Crippen LogP contribution in [0.3, 0.4) is 0 Å². The van der Waals surface area contributed by atoms with E-state index in [0.717, 1.165) is 0 Å². The SMILES string of the molecule is CC1OCC2(c3ccccc3F)NOCC12. The number of fused-ring (bicyclic) bond motifs is 1. The van der Waals surface area contributed by atoms with Crippen molar-refractivity contribution in [3.8, 4) is 0 Å². The first-order chi connectivity index (χ1) is 7.74. The zero-order valence-electron chi connectivity index (χ0n) is 9.07. The van der Waals surface area contributed by atoms with E-state index < -0.39 is 5.54 Å². The molecule has 2 heterocycles. The van der Waals surface area contributed by atoms with Crippen LogP contribution in [0.4, 0.5) is 4.39 Å². The number of hydroxylamine groups is 1. The number of halogens is 1. The molecule has 2 aliphatic rings. The lowest BCUT2D eigenvalue weighted by Crippen LogP contribution is -2.43. The van der Waals surface area contributed by atoms with E-state index in [9.17, 15) is 4.39 Å². The first kappa shape index (κ1) is 10.2. The van der Waals surface area contributed by atoms with Crippen LogP contribution in [0.15, 0.2) is 24.3 Å². The molecule has 0 saturated carbocycles. The van der Waals surface area contributed by atoms with Gasteiger partial charge in [0.2, 0.25) is 0 Å². The molecule has 2 saturated heterocycles. The van der Waals surface area contributed by atoms with Gasteiger partial charge in [0.05, 0.1) is 19.3 Å². The molecule has 2 fully saturated rings. The fourth-order valence-electron chi connectivity index (χ4n) is 2.69. The van der Waals surface area contributed by atoms with Crippen molar-refractivity contribution in [3.05, 3.63) is 35.6 Å². The Labute approximate surface area is 93.5 Å². The highest BCUT2D eigenvalue weighted by atomic mass is 19.1. The summed E-state index contributed by atoms with van der Waals surface area (Å²) in [6.45, 7) is 3.03. The molecule has 2 aliphatic heterocycles. The number of ether oxygens (including phenoxy) is 1. The third kappa shape index (κ3) is 1.24. The summed E-state index contributed by atoms with van der Waals surface area (Å²) < 4.78 is 19.5. The minimum atomic E-state index is -0.509. The molecule has 1 aromatic carbocycles. The predicted molar refractivity (Wildman–Crippen MR) is 56.1 cm³/mol. The van der Waals surface area contributed by atoms with E-state index in [1.54, 1.807) is 12.1 Å². The fraction of sp³-hybridized carbons (Fsp3) is 0.500. The molecule has 0 spiro atoms. The molecule has 86 valence electrons. The molecule has 0 bridgehead atoms. The summed E-state index contributed by atoms with van der Waals surface area (Å²) in [5, 5.41) is 0. The number of rotatable bonds is 1. The third-order valence-corrected chi connectivity index (χ3v) is 3.65. The molecular formula is C12H14FNO2. The van der Waals surface area contributed by atoms with Gasteiger partial charge < -0.3 is 9.57 Å². The van der Waals surface area contributed by atoms with Crippen molar-refractivity contribution in [2.75, 3.05) is 13.2 Å². The Hall–Kier alpha value is -0.970. The molecule has 16 heavy (non-hydrogen) atoms. The Morgan fingerprint density at radius 2 is 2.25 bits per heavy atom. The molecule has 3 rings (SSSR count). The van der Waals surface area contributed by atoms with Gasteiger partial charge in [0.15, 0.2) is 0 Å². The van der Waals surface area contributed by atoms with Gasteiger partial charge >= 0.3 is 0 Å². The van der Waals surface area contributed by atoms with Crippen molar-refractivity contribution in [2.24, 2.45) is 5.92 Å². The van der Waals surface area contributed by atoms with Crippen LogP contribution in [0.5, 0.6) is 0 Å². The van der Waals surface area contributed by atoms with E-state index in [1.807, 2.05) is 13.0 Å². The maximum Gasteiger partial charge on any atom is 0.128 e. The van der Waals surface area contributed by atoms with Crippen LogP contribution in [0.1, 0.15) is 12.5 Å². The number of hydrogen-bond acceptors (Lipinski definition) is 3. The first-order valence-corrected chi connectivity index (χ1v) is 5.49. The monoisotopic (exact) mass is 223 g/mol. The lowest BCUT2D eigenvalue weighted by Gasteiger charge is -2.27. The molecule has 0 radical (unpaired) electrons. The highest BCUT2D eigenvalue weighted by Gasteiger charge is 2.54. The topological polar surface area (TPSA) is 30.5 Å². The molecule has 1 N–H and O–H groups in total. The molecular weight excluding hydrogens is 209 g/mol. The van der Waals surface area contributed by atoms with Crippen LogP contribution in [0, 0.1) is 11.7 Å². The zero-order chi connectivity index (χ0) is 11.2. The van der Waals surface area contributed by atoms with Gasteiger partial charge in [-0.05, 0) is 13.0 Å². The Balaban J connectivity index is 2.08. The summed E-state index contributed by atoms with van der Waals surface area (Å²) in [5.74, 6) is -0.0346. The van der Waals surface area contributed by atoms with Crippen molar-refractivity contribution in [1.29, 1.82) is 0 Å². The summed E-state index contributed by atoms with van der Waals surface area (Å²) in [7, 11) is 0. The van der Waals surface area contributed by atoms with Crippen LogP contribution < -0.4 is 5.48 Å². The summed E-state index contributed by atoms with van der Waals surface area (Å²) in [5.41, 5.74) is 3.09. The molecule has 1 aromatic rings. The second kappa shape index (κ2) is 3.52. The van der Waals surface area contributed by atoms with Crippen molar-refractivity contribution in [3.63, 3.8) is 0 Å². The van der Waals surface area contributed by atoms with Gasteiger partial charge in [-0.3, -0.25) is 0 Å². The van der Waals surface area contributed by atoms with Gasteiger partial charge in [-0.15, -0.1) is 0 Å². The van der Waals surface area contributed by atoms with E-state index in [0.29, 0.717) is 18.8 Å². The van der Waals surface area contributed by atoms with E-state index in [-0.39, 0.29) is 17.8 Å². The van der Waals surface area contributed by atoms with Gasteiger partial charge in [0, 0.05) is 11.5 Å². The maximum atomic E-state index is 13.9. The largest absolute Gasteiger partial charge is 0.376 e. The predicted octanol–water partition coefficient (Wildman–Crippen LogP) is 1.59. The molecule has 0 aliphatic carbocycles. The summed E-state index contributed by atoms with van der Waals surface area (Å²) in [6, 6.07) is 6.81. The van der Waals surface area contributed by atoms with Crippen LogP contribution >= 0.6 is 0 Å². The number of nitrogens with one attached hydrogen (secondary N) is 1. The van der Waals surface area contributed by atoms with Crippen LogP contribution in [-0.4, -0.2) is 19.3 Å². The van der Waals surface area contributed by atoms with Gasteiger partial charge in [-0.1, -0.05) is 18.2 Å². The summed E-state index contributed by atoms with van der Waals surface area (Å²) >= 11 is 0. The highest BCUT2D eigenvalue weighted by Crippen LogP contribution is 2.43. The van der Waals surface area contributed by atoms with Crippen LogP contribution in [-0.2, 0) is 15.1 Å². The van der Waals surface area contributed by atoms with Gasteiger partial charge in [-0.25, -0.2) is 4.39 Å². The Bertz CT molecular complexity index is 412. The zero-order valence-corrected chi connectivity index (χ0v) is 9.07. The smallest absolute Gasteiger partial charge is 0.128 e. The first-order valence-electron chi connectivity index (χ1n) is 5.49. The summed E-state index contributed by atoms with van der Waals surface area (Å²) in [6.07, 6.45) is 0.0922. The molecule has 0 amide bonds. The minimum Gasteiger partial charge on any atom is -0.376 e. The van der Waals surface area contributed by atoms with Gasteiger partial charge in [-0.2, -0.15) is 5.48 Å². The van der Waals surface area contributed by atoms with Crippen molar-refractivity contribution < 1.29 is 14.0 Å². The molecule has 3 nitrogen and oxygen atoms in total. The number of benzene rings is 1. The van der Waals surface area contributed by atoms with Crippen LogP contribution in [0.2, 0.25) is 0 Å². The van der Waals surface area contributed by atoms with Crippen LogP contribution in [0.25, 0.3) is 0 Å². The average Bonchev–Trinajstić information content (AvgIpc) is 2.82. The van der Waals surface area contributed by atoms with E-state index in [1.165, 1.54) is 6.07 Å². The van der Waals surface area contributed by atoms with E-state index in [4.69, 9.17) is 9.57 Å². The Kier molecular flexibility index (Phi) is 2.24. The average molecular weight is 223 g/mol. The summed E-state index contributed by atoms with van der Waals surface area (Å²) in [4.78, 5) is 5.30. The standard InChI is InChI=1S/C12H14FNO2/c1-8-10-6-16-14-12(10,7-15-8)9-4-2-3-5-11(9)13/h2-5,8,10,14H,6-7H2,1H3. The highest BCUT2D eigenvalue weighted by molar-refractivity contribution is 5.30. The normalized spacial score (nSPS) is 37.6. The third-order valence-electron chi connectivity index (χ3n) is 3.65. The fourth-order valence-corrected chi connectivity index (χ4v) is 2.69. The molecule has 4 heteroatoms. The quantitative estimate of drug-likeness (QED) is 0.784. The Morgan fingerprint density at radius 1 is 1.44 bits per heavy atom. The van der Waals surface area contributed by atoms with E-state index in [2.05, 4.69) is 5.48 Å². The minimum absolute atomic E-state index is 0.0922. The van der Waals surface area contributed by atoms with Gasteiger partial charge in [0.1, 0.15) is 11.4 Å². The molecule has 3 unspecified atom stereocenters. The van der Waals surface area contributed by atoms with Crippen molar-refractivity contribution >= 4 is 0 Å². The second-order valence-corrected chi connectivity index (χ2v) is 4.49. The van der Waals surface area contributed by atoms with Crippen molar-refractivity contribution in [1.82, 2.24) is 5.48 Å². The second-order valence-electron chi connectivity index (χ2n) is 4.49. The van der Waals surface area contributed by atoms with Crippen molar-refractivity contribution in [2.45, 2.75) is 18.6 Å². The lowest BCUT2D eigenvalue weighted by molar-refractivity contribution is 0.00705. The maximum absolute atomic E-state index is 13.9. The van der Waals surface area contributed by atoms with E-state index >= 15 is 0 Å². The lowest BCUT2D eigenvalue weighted by atomic mass is 9.80.